The maximum Gasteiger partial charge on any atom is 0.320 e. The SMILES string of the molecule is CN(Cc1ccco1)C(=O)N(C)C1COCC1C(=O)O. The van der Waals surface area contributed by atoms with Gasteiger partial charge in [0.25, 0.3) is 0 Å². The first-order chi connectivity index (χ1) is 9.50. The zero-order valence-electron chi connectivity index (χ0n) is 11.5. The minimum Gasteiger partial charge on any atom is -0.481 e. The summed E-state index contributed by atoms with van der Waals surface area (Å²) in [5, 5.41) is 9.11. The number of carboxylic acid groups (broad SMARTS) is 1. The number of carbonyl (C=O) groups is 2. The van der Waals surface area contributed by atoms with E-state index >= 15 is 0 Å². The zero-order chi connectivity index (χ0) is 14.7. The minimum absolute atomic E-state index is 0.138. The van der Waals surface area contributed by atoms with Crippen LogP contribution in [0.2, 0.25) is 0 Å². The summed E-state index contributed by atoms with van der Waals surface area (Å²) in [5.41, 5.74) is 0. The Hall–Kier alpha value is -2.02. The summed E-state index contributed by atoms with van der Waals surface area (Å²) in [4.78, 5) is 26.3. The topological polar surface area (TPSA) is 83.2 Å². The average Bonchev–Trinajstić information content (AvgIpc) is 3.07. The number of hydrogen-bond acceptors (Lipinski definition) is 4. The molecule has 110 valence electrons. The summed E-state index contributed by atoms with van der Waals surface area (Å²) in [7, 11) is 3.24. The van der Waals surface area contributed by atoms with Crippen molar-refractivity contribution >= 4 is 12.0 Å². The van der Waals surface area contributed by atoms with Crippen LogP contribution in [0.15, 0.2) is 22.8 Å². The highest BCUT2D eigenvalue weighted by Crippen LogP contribution is 2.20. The van der Waals surface area contributed by atoms with Gasteiger partial charge in [-0.1, -0.05) is 0 Å². The number of carbonyl (C=O) groups excluding carboxylic acids is 1. The van der Waals surface area contributed by atoms with Crippen LogP contribution >= 0.6 is 0 Å². The van der Waals surface area contributed by atoms with Crippen molar-refractivity contribution in [3.05, 3.63) is 24.2 Å². The van der Waals surface area contributed by atoms with Crippen molar-refractivity contribution in [2.45, 2.75) is 12.6 Å². The summed E-state index contributed by atoms with van der Waals surface area (Å²) < 4.78 is 10.4. The van der Waals surface area contributed by atoms with Gasteiger partial charge in [-0.2, -0.15) is 0 Å². The van der Waals surface area contributed by atoms with E-state index < -0.39 is 17.9 Å². The number of carboxylic acids is 1. The molecule has 20 heavy (non-hydrogen) atoms. The first-order valence-corrected chi connectivity index (χ1v) is 6.31. The van der Waals surface area contributed by atoms with Crippen molar-refractivity contribution in [1.29, 1.82) is 0 Å². The van der Waals surface area contributed by atoms with E-state index in [-0.39, 0.29) is 19.2 Å². The van der Waals surface area contributed by atoms with Crippen LogP contribution in [0.1, 0.15) is 5.76 Å². The molecule has 7 nitrogen and oxygen atoms in total. The minimum atomic E-state index is -0.944. The van der Waals surface area contributed by atoms with Crippen molar-refractivity contribution < 1.29 is 23.8 Å². The standard InChI is InChI=1S/C13H18N2O5/c1-14(6-9-4-3-5-20-9)13(18)15(2)11-8-19-7-10(11)12(16)17/h3-5,10-11H,6-8H2,1-2H3,(H,16,17). The van der Waals surface area contributed by atoms with Gasteiger partial charge in [0.15, 0.2) is 0 Å². The number of likely N-dealkylation sites (N-methyl/N-ethyl adjacent to an activating group) is 1. The van der Waals surface area contributed by atoms with Crippen molar-refractivity contribution in [3.8, 4) is 0 Å². The smallest absolute Gasteiger partial charge is 0.320 e. The molecule has 2 heterocycles. The van der Waals surface area contributed by atoms with E-state index in [1.165, 1.54) is 9.80 Å². The second-order valence-corrected chi connectivity index (χ2v) is 4.88. The molecular formula is C13H18N2O5. The molecule has 0 radical (unpaired) electrons. The molecule has 7 heteroatoms. The third-order valence-electron chi connectivity index (χ3n) is 3.47. The average molecular weight is 282 g/mol. The maximum atomic E-state index is 12.3. The second kappa shape index (κ2) is 5.96. The lowest BCUT2D eigenvalue weighted by atomic mass is 10.0. The number of rotatable bonds is 4. The molecule has 1 fully saturated rings. The first-order valence-electron chi connectivity index (χ1n) is 6.31. The monoisotopic (exact) mass is 282 g/mol. The van der Waals surface area contributed by atoms with Gasteiger partial charge in [0.05, 0.1) is 32.1 Å². The van der Waals surface area contributed by atoms with E-state index in [9.17, 15) is 9.59 Å². The highest BCUT2D eigenvalue weighted by atomic mass is 16.5. The van der Waals surface area contributed by atoms with Crippen LogP contribution < -0.4 is 0 Å². The predicted molar refractivity (Wildman–Crippen MR) is 69.1 cm³/mol. The maximum absolute atomic E-state index is 12.3. The van der Waals surface area contributed by atoms with Gasteiger partial charge in [-0.15, -0.1) is 0 Å². The van der Waals surface area contributed by atoms with Gasteiger partial charge in [-0.3, -0.25) is 4.79 Å². The first kappa shape index (κ1) is 14.4. The molecule has 1 N–H and O–H groups in total. The molecule has 1 aliphatic heterocycles. The summed E-state index contributed by atoms with van der Waals surface area (Å²) in [5.74, 6) is -0.950. The van der Waals surface area contributed by atoms with E-state index in [0.29, 0.717) is 12.3 Å². The molecule has 0 bridgehead atoms. The van der Waals surface area contributed by atoms with Gasteiger partial charge in [-0.05, 0) is 12.1 Å². The Bertz CT molecular complexity index is 473. The molecule has 0 spiro atoms. The Morgan fingerprint density at radius 3 is 2.75 bits per heavy atom. The molecule has 1 aromatic heterocycles. The van der Waals surface area contributed by atoms with Crippen LogP contribution in [0.4, 0.5) is 4.79 Å². The Labute approximate surface area is 116 Å². The fraction of sp³-hybridized carbons (Fsp3) is 0.538. The molecule has 1 aliphatic rings. The van der Waals surface area contributed by atoms with E-state index in [1.807, 2.05) is 0 Å². The zero-order valence-corrected chi connectivity index (χ0v) is 11.5. The van der Waals surface area contributed by atoms with Crippen molar-refractivity contribution in [2.24, 2.45) is 5.92 Å². The molecule has 2 rings (SSSR count). The highest BCUT2D eigenvalue weighted by molar-refractivity contribution is 5.77. The Kier molecular flexibility index (Phi) is 4.29. The number of nitrogens with zero attached hydrogens (tertiary/aromatic N) is 2. The molecule has 1 aromatic rings. The van der Waals surface area contributed by atoms with Crippen LogP contribution in [-0.2, 0) is 16.1 Å². The second-order valence-electron chi connectivity index (χ2n) is 4.88. The van der Waals surface area contributed by atoms with Gasteiger partial charge in [-0.25, -0.2) is 4.79 Å². The lowest BCUT2D eigenvalue weighted by Gasteiger charge is -2.30. The molecular weight excluding hydrogens is 264 g/mol. The highest BCUT2D eigenvalue weighted by Gasteiger charge is 2.39. The van der Waals surface area contributed by atoms with Gasteiger partial charge in [0, 0.05) is 14.1 Å². The Morgan fingerprint density at radius 1 is 1.40 bits per heavy atom. The molecule has 2 atom stereocenters. The molecule has 0 aromatic carbocycles. The fourth-order valence-electron chi connectivity index (χ4n) is 2.28. The molecule has 2 unspecified atom stereocenters. The number of ether oxygens (including phenoxy) is 1. The summed E-state index contributed by atoms with van der Waals surface area (Å²) in [6.07, 6.45) is 1.54. The number of urea groups is 1. The molecule has 2 amide bonds. The Morgan fingerprint density at radius 2 is 2.15 bits per heavy atom. The van der Waals surface area contributed by atoms with E-state index in [4.69, 9.17) is 14.3 Å². The largest absolute Gasteiger partial charge is 0.481 e. The third kappa shape index (κ3) is 2.93. The van der Waals surface area contributed by atoms with Gasteiger partial charge < -0.3 is 24.1 Å². The van der Waals surface area contributed by atoms with Crippen molar-refractivity contribution in [3.63, 3.8) is 0 Å². The van der Waals surface area contributed by atoms with Crippen LogP contribution in [0.25, 0.3) is 0 Å². The summed E-state index contributed by atoms with van der Waals surface area (Å²) in [6, 6.07) is 2.83. The lowest BCUT2D eigenvalue weighted by Crippen LogP contribution is -2.48. The van der Waals surface area contributed by atoms with Crippen molar-refractivity contribution in [1.82, 2.24) is 9.80 Å². The molecule has 0 saturated carbocycles. The predicted octanol–water partition coefficient (Wildman–Crippen LogP) is 0.863. The Balaban J connectivity index is 1.99. The molecule has 0 aliphatic carbocycles. The normalized spacial score (nSPS) is 21.7. The van der Waals surface area contributed by atoms with Gasteiger partial charge >= 0.3 is 12.0 Å². The van der Waals surface area contributed by atoms with Crippen LogP contribution in [0.3, 0.4) is 0 Å². The lowest BCUT2D eigenvalue weighted by molar-refractivity contribution is -0.142. The van der Waals surface area contributed by atoms with Crippen LogP contribution in [0, 0.1) is 5.92 Å². The third-order valence-corrected chi connectivity index (χ3v) is 3.47. The number of hydrogen-bond donors (Lipinski definition) is 1. The summed E-state index contributed by atoms with van der Waals surface area (Å²) in [6.45, 7) is 0.717. The number of amides is 2. The van der Waals surface area contributed by atoms with Gasteiger partial charge in [0.1, 0.15) is 11.7 Å². The van der Waals surface area contributed by atoms with Crippen LogP contribution in [0.5, 0.6) is 0 Å². The van der Waals surface area contributed by atoms with Crippen LogP contribution in [-0.4, -0.2) is 60.3 Å². The number of furan rings is 1. The quantitative estimate of drug-likeness (QED) is 0.885. The van der Waals surface area contributed by atoms with E-state index in [0.717, 1.165) is 0 Å². The molecule has 1 saturated heterocycles. The van der Waals surface area contributed by atoms with Gasteiger partial charge in [0.2, 0.25) is 0 Å². The summed E-state index contributed by atoms with van der Waals surface area (Å²) >= 11 is 0. The fourth-order valence-corrected chi connectivity index (χ4v) is 2.28. The number of aliphatic carboxylic acids is 1. The van der Waals surface area contributed by atoms with E-state index in [2.05, 4.69) is 0 Å². The van der Waals surface area contributed by atoms with E-state index in [1.54, 1.807) is 32.5 Å². The van der Waals surface area contributed by atoms with Crippen molar-refractivity contribution in [2.75, 3.05) is 27.3 Å².